The van der Waals surface area contributed by atoms with E-state index in [-0.39, 0.29) is 11.9 Å². The number of para-hydroxylation sites is 2. The molecule has 1 aliphatic rings. The molecule has 1 N–H and O–H groups in total. The summed E-state index contributed by atoms with van der Waals surface area (Å²) in [7, 11) is 3.46. The number of hydrogen-bond donors (Lipinski definition) is 1. The van der Waals surface area contributed by atoms with Gasteiger partial charge >= 0.3 is 0 Å². The molecule has 7 heteroatoms. The van der Waals surface area contributed by atoms with Crippen molar-refractivity contribution in [1.82, 2.24) is 20.1 Å². The molecule has 0 radical (unpaired) electrons. The van der Waals surface area contributed by atoms with Crippen LogP contribution in [0.25, 0.3) is 11.0 Å². The number of pyridine rings is 1. The summed E-state index contributed by atoms with van der Waals surface area (Å²) in [6.45, 7) is 4.02. The number of rotatable bonds is 5. The van der Waals surface area contributed by atoms with Crippen LogP contribution in [0.15, 0.2) is 48.5 Å². The molecule has 7 nitrogen and oxygen atoms in total. The quantitative estimate of drug-likeness (QED) is 0.491. The molecular weight excluding hydrogens is 416 g/mol. The lowest BCUT2D eigenvalue weighted by Crippen LogP contribution is -2.31. The number of carbonyl (C=O) groups excluding carboxylic acids is 1. The summed E-state index contributed by atoms with van der Waals surface area (Å²) in [6, 6.07) is 15.4. The van der Waals surface area contributed by atoms with Gasteiger partial charge in [-0.25, -0.2) is 9.67 Å². The predicted octanol–water partition coefficient (Wildman–Crippen LogP) is 4.54. The molecule has 0 aliphatic carbocycles. The van der Waals surface area contributed by atoms with E-state index in [1.165, 1.54) is 0 Å². The fraction of sp³-hybridized carbons (Fsp3) is 0.269. The van der Waals surface area contributed by atoms with Gasteiger partial charge in [0.05, 0.1) is 18.5 Å². The molecule has 5 rings (SSSR count). The molecular formula is C26H26N4O3. The minimum absolute atomic E-state index is 0.0245. The van der Waals surface area contributed by atoms with Crippen molar-refractivity contribution in [3.05, 3.63) is 76.5 Å². The van der Waals surface area contributed by atoms with E-state index in [9.17, 15) is 4.79 Å². The molecule has 2 aromatic heterocycles. The molecule has 1 amide bonds. The molecule has 0 bridgehead atoms. The van der Waals surface area contributed by atoms with Crippen LogP contribution in [0.3, 0.4) is 0 Å². The van der Waals surface area contributed by atoms with E-state index < -0.39 is 0 Å². The molecule has 2 aromatic carbocycles. The Morgan fingerprint density at radius 1 is 1.09 bits per heavy atom. The highest BCUT2D eigenvalue weighted by molar-refractivity contribution is 5.86. The van der Waals surface area contributed by atoms with E-state index in [4.69, 9.17) is 14.5 Å². The van der Waals surface area contributed by atoms with Gasteiger partial charge in [-0.05, 0) is 43.5 Å². The van der Waals surface area contributed by atoms with Gasteiger partial charge < -0.3 is 14.8 Å². The van der Waals surface area contributed by atoms with Gasteiger partial charge in [0.1, 0.15) is 11.5 Å². The summed E-state index contributed by atoms with van der Waals surface area (Å²) >= 11 is 0. The first-order chi connectivity index (χ1) is 16.0. The molecule has 0 unspecified atom stereocenters. The predicted molar refractivity (Wildman–Crippen MR) is 126 cm³/mol. The summed E-state index contributed by atoms with van der Waals surface area (Å²) in [5.74, 6) is 2.07. The Bertz CT molecular complexity index is 1330. The van der Waals surface area contributed by atoms with Gasteiger partial charge in [0.2, 0.25) is 11.8 Å². The Hall–Kier alpha value is -3.87. The van der Waals surface area contributed by atoms with Crippen molar-refractivity contribution in [2.45, 2.75) is 32.7 Å². The Morgan fingerprint density at radius 3 is 2.36 bits per heavy atom. The summed E-state index contributed by atoms with van der Waals surface area (Å²) in [6.07, 6.45) is 0.927. The first-order valence-electron chi connectivity index (χ1n) is 11.0. The summed E-state index contributed by atoms with van der Waals surface area (Å²) in [5, 5.41) is 8.53. The number of carbonyl (C=O) groups is 1. The van der Waals surface area contributed by atoms with Crippen LogP contribution >= 0.6 is 0 Å². The molecule has 0 fully saturated rings. The van der Waals surface area contributed by atoms with E-state index in [1.807, 2.05) is 69.4 Å². The number of aromatic nitrogens is 3. The second-order valence-electron chi connectivity index (χ2n) is 8.31. The van der Waals surface area contributed by atoms with Crippen molar-refractivity contribution < 1.29 is 14.3 Å². The zero-order valence-electron chi connectivity index (χ0n) is 19.2. The van der Waals surface area contributed by atoms with E-state index in [1.54, 1.807) is 11.8 Å². The fourth-order valence-corrected chi connectivity index (χ4v) is 4.64. The van der Waals surface area contributed by atoms with Crippen molar-refractivity contribution in [3.63, 3.8) is 0 Å². The van der Waals surface area contributed by atoms with Crippen molar-refractivity contribution in [2.24, 2.45) is 7.05 Å². The van der Waals surface area contributed by atoms with Crippen LogP contribution in [-0.2, 0) is 18.3 Å². The largest absolute Gasteiger partial charge is 0.479 e. The van der Waals surface area contributed by atoms with Gasteiger partial charge in [-0.3, -0.25) is 4.79 Å². The van der Waals surface area contributed by atoms with Gasteiger partial charge in [-0.15, -0.1) is 5.10 Å². The van der Waals surface area contributed by atoms with Crippen LogP contribution in [-0.4, -0.2) is 27.8 Å². The fourth-order valence-electron chi connectivity index (χ4n) is 4.64. The molecule has 0 saturated carbocycles. The zero-order chi connectivity index (χ0) is 23.1. The molecule has 0 spiro atoms. The summed E-state index contributed by atoms with van der Waals surface area (Å²) in [5.41, 5.74) is 5.71. The molecule has 168 valence electrons. The number of methoxy groups -OCH3 is 1. The van der Waals surface area contributed by atoms with E-state index in [0.717, 1.165) is 50.5 Å². The minimum Gasteiger partial charge on any atom is -0.479 e. The summed E-state index contributed by atoms with van der Waals surface area (Å²) in [4.78, 5) is 17.8. The Kier molecular flexibility index (Phi) is 5.24. The maximum absolute atomic E-state index is 13.1. The lowest BCUT2D eigenvalue weighted by Gasteiger charge is -2.28. The highest BCUT2D eigenvalue weighted by Gasteiger charge is 2.28. The molecule has 0 saturated heterocycles. The van der Waals surface area contributed by atoms with Crippen molar-refractivity contribution in [2.75, 3.05) is 7.11 Å². The second kappa shape index (κ2) is 8.24. The van der Waals surface area contributed by atoms with Gasteiger partial charge in [0.15, 0.2) is 5.65 Å². The Balaban J connectivity index is 1.40. The molecule has 1 aliphatic heterocycles. The molecule has 0 atom stereocenters. The second-order valence-corrected chi connectivity index (χ2v) is 8.31. The standard InChI is InChI=1S/C26H26N4O3/c1-15-17(16(2)27-25-23(15)26(32-4)29-30(25)3)13-14-22(31)28-24-18-9-5-7-11-20(18)33-21-12-8-6-10-19(21)24/h5-12,24H,13-14H2,1-4H3,(H,28,31). The maximum atomic E-state index is 13.1. The number of nitrogens with zero attached hydrogens (tertiary/aromatic N) is 3. The number of aryl methyl sites for hydroxylation is 3. The van der Waals surface area contributed by atoms with Gasteiger partial charge in [0.25, 0.3) is 0 Å². The molecule has 33 heavy (non-hydrogen) atoms. The van der Waals surface area contributed by atoms with Crippen molar-refractivity contribution in [1.29, 1.82) is 0 Å². The number of hydrogen-bond acceptors (Lipinski definition) is 5. The van der Waals surface area contributed by atoms with Crippen LogP contribution in [0.1, 0.15) is 40.4 Å². The third kappa shape index (κ3) is 3.59. The van der Waals surface area contributed by atoms with Crippen molar-refractivity contribution in [3.8, 4) is 17.4 Å². The smallest absolute Gasteiger partial charge is 0.242 e. The van der Waals surface area contributed by atoms with E-state index in [2.05, 4.69) is 10.4 Å². The minimum atomic E-state index is -0.250. The van der Waals surface area contributed by atoms with Gasteiger partial charge in [-0.2, -0.15) is 0 Å². The van der Waals surface area contributed by atoms with Gasteiger partial charge in [0, 0.05) is 30.3 Å². The first kappa shape index (κ1) is 21.0. The average Bonchev–Trinajstić information content (AvgIpc) is 3.14. The van der Waals surface area contributed by atoms with E-state index >= 15 is 0 Å². The Labute approximate surface area is 192 Å². The number of amides is 1. The average molecular weight is 443 g/mol. The third-order valence-electron chi connectivity index (χ3n) is 6.30. The summed E-state index contributed by atoms with van der Waals surface area (Å²) < 4.78 is 13.2. The van der Waals surface area contributed by atoms with E-state index in [0.29, 0.717) is 18.7 Å². The third-order valence-corrected chi connectivity index (χ3v) is 6.30. The topological polar surface area (TPSA) is 78.3 Å². The van der Waals surface area contributed by atoms with Crippen LogP contribution in [0.2, 0.25) is 0 Å². The Morgan fingerprint density at radius 2 is 1.73 bits per heavy atom. The van der Waals surface area contributed by atoms with Crippen LogP contribution in [0.4, 0.5) is 0 Å². The number of ether oxygens (including phenoxy) is 2. The number of nitrogens with one attached hydrogen (secondary N) is 1. The SMILES string of the molecule is COc1nn(C)c2nc(C)c(CCC(=O)NC3c4ccccc4Oc4ccccc43)c(C)c12. The van der Waals surface area contributed by atoms with Crippen LogP contribution in [0, 0.1) is 13.8 Å². The molecule has 3 heterocycles. The normalized spacial score (nSPS) is 12.7. The monoisotopic (exact) mass is 442 g/mol. The van der Waals surface area contributed by atoms with Crippen molar-refractivity contribution >= 4 is 16.9 Å². The number of fused-ring (bicyclic) bond motifs is 3. The molecule has 4 aromatic rings. The maximum Gasteiger partial charge on any atom is 0.242 e. The first-order valence-corrected chi connectivity index (χ1v) is 11.0. The van der Waals surface area contributed by atoms with Crippen LogP contribution in [0.5, 0.6) is 17.4 Å². The zero-order valence-corrected chi connectivity index (χ0v) is 19.2. The van der Waals surface area contributed by atoms with Crippen LogP contribution < -0.4 is 14.8 Å². The van der Waals surface area contributed by atoms with Gasteiger partial charge in [-0.1, -0.05) is 36.4 Å². The number of benzene rings is 2. The lowest BCUT2D eigenvalue weighted by molar-refractivity contribution is -0.121. The lowest BCUT2D eigenvalue weighted by atomic mass is 9.94. The highest BCUT2D eigenvalue weighted by Crippen LogP contribution is 2.42. The highest BCUT2D eigenvalue weighted by atomic mass is 16.5.